The van der Waals surface area contributed by atoms with Gasteiger partial charge in [0.05, 0.1) is 6.61 Å². The molecule has 0 saturated carbocycles. The number of aliphatic carboxylic acids is 1. The first-order chi connectivity index (χ1) is 8.52. The summed E-state index contributed by atoms with van der Waals surface area (Å²) < 4.78 is 5.28. The summed E-state index contributed by atoms with van der Waals surface area (Å²) in [6.07, 6.45) is 1.86. The lowest BCUT2D eigenvalue weighted by atomic mass is 10.3. The molecule has 0 saturated heterocycles. The summed E-state index contributed by atoms with van der Waals surface area (Å²) in [4.78, 5) is 22.2. The maximum absolute atomic E-state index is 10.7. The Hall–Kier alpha value is -1.63. The van der Waals surface area contributed by atoms with Crippen LogP contribution < -0.4 is 10.1 Å². The SMILES string of the molecule is CCCCOc1nc(Cl)nc(N[C@@H](C)C(=O)O)n1. The van der Waals surface area contributed by atoms with Crippen LogP contribution in [0.25, 0.3) is 0 Å². The van der Waals surface area contributed by atoms with E-state index in [0.717, 1.165) is 12.8 Å². The molecule has 0 spiro atoms. The fraction of sp³-hybridized carbons (Fsp3) is 0.600. The zero-order valence-corrected chi connectivity index (χ0v) is 10.9. The molecular formula is C10H15ClN4O3. The Morgan fingerprint density at radius 1 is 1.50 bits per heavy atom. The van der Waals surface area contributed by atoms with Crippen LogP contribution in [-0.2, 0) is 4.79 Å². The number of carboxylic acid groups (broad SMARTS) is 1. The van der Waals surface area contributed by atoms with E-state index in [4.69, 9.17) is 21.4 Å². The van der Waals surface area contributed by atoms with E-state index < -0.39 is 12.0 Å². The van der Waals surface area contributed by atoms with Crippen LogP contribution in [-0.4, -0.2) is 38.7 Å². The predicted molar refractivity (Wildman–Crippen MR) is 66.0 cm³/mol. The van der Waals surface area contributed by atoms with Crippen LogP contribution in [0, 0.1) is 0 Å². The van der Waals surface area contributed by atoms with Gasteiger partial charge < -0.3 is 15.2 Å². The lowest BCUT2D eigenvalue weighted by Gasteiger charge is -2.10. The second-order valence-electron chi connectivity index (χ2n) is 3.62. The Morgan fingerprint density at radius 3 is 2.83 bits per heavy atom. The van der Waals surface area contributed by atoms with E-state index in [0.29, 0.717) is 6.61 Å². The summed E-state index contributed by atoms with van der Waals surface area (Å²) in [6, 6.07) is -0.740. The topological polar surface area (TPSA) is 97.2 Å². The van der Waals surface area contributed by atoms with Gasteiger partial charge in [0.2, 0.25) is 11.2 Å². The summed E-state index contributed by atoms with van der Waals surface area (Å²) >= 11 is 5.70. The molecule has 1 rings (SSSR count). The third kappa shape index (κ3) is 4.70. The Bertz CT molecular complexity index is 416. The molecule has 0 radical (unpaired) electrons. The van der Waals surface area contributed by atoms with Crippen LogP contribution in [0.1, 0.15) is 26.7 Å². The Kier molecular flexibility index (Phi) is 5.57. The highest BCUT2D eigenvalue weighted by molar-refractivity contribution is 6.28. The molecule has 0 fully saturated rings. The first-order valence-electron chi connectivity index (χ1n) is 5.56. The van der Waals surface area contributed by atoms with E-state index >= 15 is 0 Å². The van der Waals surface area contributed by atoms with Gasteiger partial charge in [0.1, 0.15) is 6.04 Å². The molecule has 0 aliphatic rings. The van der Waals surface area contributed by atoms with E-state index in [-0.39, 0.29) is 17.2 Å². The molecule has 0 unspecified atom stereocenters. The van der Waals surface area contributed by atoms with Crippen LogP contribution in [0.3, 0.4) is 0 Å². The lowest BCUT2D eigenvalue weighted by Crippen LogP contribution is -2.26. The van der Waals surface area contributed by atoms with Gasteiger partial charge in [0.15, 0.2) is 0 Å². The molecular weight excluding hydrogens is 260 g/mol. The second kappa shape index (κ2) is 6.95. The van der Waals surface area contributed by atoms with E-state index in [1.54, 1.807) is 0 Å². The largest absolute Gasteiger partial charge is 0.480 e. The quantitative estimate of drug-likeness (QED) is 0.729. The minimum atomic E-state index is -1.01. The van der Waals surface area contributed by atoms with Gasteiger partial charge in [0, 0.05) is 0 Å². The molecule has 1 aromatic rings. The number of rotatable bonds is 7. The van der Waals surface area contributed by atoms with E-state index in [2.05, 4.69) is 20.3 Å². The number of anilines is 1. The number of hydrogen-bond acceptors (Lipinski definition) is 6. The zero-order chi connectivity index (χ0) is 13.5. The number of carboxylic acids is 1. The monoisotopic (exact) mass is 274 g/mol. The molecule has 1 atom stereocenters. The summed E-state index contributed by atoms with van der Waals surface area (Å²) in [6.45, 7) is 3.98. The fourth-order valence-electron chi connectivity index (χ4n) is 1.02. The standard InChI is InChI=1S/C10H15ClN4O3/c1-3-4-5-18-10-14-8(11)13-9(15-10)12-6(2)7(16)17/h6H,3-5H2,1-2H3,(H,16,17)(H,12,13,14,15)/t6-/m0/s1. The highest BCUT2D eigenvalue weighted by Crippen LogP contribution is 2.12. The maximum Gasteiger partial charge on any atom is 0.325 e. The van der Waals surface area contributed by atoms with Gasteiger partial charge in [-0.15, -0.1) is 0 Å². The number of carbonyl (C=O) groups is 1. The van der Waals surface area contributed by atoms with Gasteiger partial charge >= 0.3 is 12.0 Å². The molecule has 18 heavy (non-hydrogen) atoms. The highest BCUT2D eigenvalue weighted by atomic mass is 35.5. The molecule has 0 amide bonds. The molecule has 8 heteroatoms. The molecule has 0 aliphatic heterocycles. The third-order valence-corrected chi connectivity index (χ3v) is 2.20. The molecule has 1 heterocycles. The maximum atomic E-state index is 10.7. The Labute approximate surface area is 110 Å². The van der Waals surface area contributed by atoms with E-state index in [9.17, 15) is 4.79 Å². The van der Waals surface area contributed by atoms with Gasteiger partial charge in [-0.05, 0) is 24.9 Å². The van der Waals surface area contributed by atoms with Crippen LogP contribution in [0.5, 0.6) is 6.01 Å². The van der Waals surface area contributed by atoms with Crippen LogP contribution in [0.2, 0.25) is 5.28 Å². The summed E-state index contributed by atoms with van der Waals surface area (Å²) in [5.41, 5.74) is 0. The second-order valence-corrected chi connectivity index (χ2v) is 3.95. The fourth-order valence-corrected chi connectivity index (χ4v) is 1.18. The van der Waals surface area contributed by atoms with Crippen molar-refractivity contribution in [2.24, 2.45) is 0 Å². The number of nitrogens with zero attached hydrogens (tertiary/aromatic N) is 3. The van der Waals surface area contributed by atoms with Crippen molar-refractivity contribution in [2.75, 3.05) is 11.9 Å². The van der Waals surface area contributed by atoms with Gasteiger partial charge in [0.25, 0.3) is 0 Å². The average Bonchev–Trinajstić information content (AvgIpc) is 2.28. The van der Waals surface area contributed by atoms with Crippen molar-refractivity contribution in [1.29, 1.82) is 0 Å². The number of aromatic nitrogens is 3. The lowest BCUT2D eigenvalue weighted by molar-refractivity contribution is -0.137. The first kappa shape index (κ1) is 14.4. The zero-order valence-electron chi connectivity index (χ0n) is 10.2. The normalized spacial score (nSPS) is 11.9. The van der Waals surface area contributed by atoms with E-state index in [1.165, 1.54) is 6.92 Å². The number of halogens is 1. The minimum absolute atomic E-state index is 0.0448. The summed E-state index contributed by atoms with van der Waals surface area (Å²) in [5.74, 6) is -0.934. The van der Waals surface area contributed by atoms with Crippen molar-refractivity contribution in [1.82, 2.24) is 15.0 Å². The van der Waals surface area contributed by atoms with Crippen LogP contribution in [0.15, 0.2) is 0 Å². The van der Waals surface area contributed by atoms with Crippen molar-refractivity contribution < 1.29 is 14.6 Å². The number of unbranched alkanes of at least 4 members (excludes halogenated alkanes) is 1. The van der Waals surface area contributed by atoms with E-state index in [1.807, 2.05) is 6.92 Å². The minimum Gasteiger partial charge on any atom is -0.480 e. The average molecular weight is 275 g/mol. The van der Waals surface area contributed by atoms with Crippen molar-refractivity contribution in [2.45, 2.75) is 32.7 Å². The first-order valence-corrected chi connectivity index (χ1v) is 5.94. The van der Waals surface area contributed by atoms with Gasteiger partial charge in [-0.3, -0.25) is 4.79 Å². The van der Waals surface area contributed by atoms with Crippen molar-refractivity contribution in [3.8, 4) is 6.01 Å². The number of ether oxygens (including phenoxy) is 1. The molecule has 0 aromatic carbocycles. The third-order valence-electron chi connectivity index (χ3n) is 2.03. The van der Waals surface area contributed by atoms with Crippen molar-refractivity contribution in [3.63, 3.8) is 0 Å². The number of hydrogen-bond donors (Lipinski definition) is 2. The van der Waals surface area contributed by atoms with Crippen molar-refractivity contribution >= 4 is 23.5 Å². The van der Waals surface area contributed by atoms with Crippen LogP contribution >= 0.6 is 11.6 Å². The highest BCUT2D eigenvalue weighted by Gasteiger charge is 2.13. The summed E-state index contributed by atoms with van der Waals surface area (Å²) in [5, 5.41) is 11.3. The van der Waals surface area contributed by atoms with Crippen molar-refractivity contribution in [3.05, 3.63) is 5.28 Å². The van der Waals surface area contributed by atoms with Gasteiger partial charge in [-0.2, -0.15) is 15.0 Å². The predicted octanol–water partition coefficient (Wildman–Crippen LogP) is 1.59. The van der Waals surface area contributed by atoms with Gasteiger partial charge in [-0.25, -0.2) is 0 Å². The molecule has 2 N–H and O–H groups in total. The molecule has 1 aromatic heterocycles. The Morgan fingerprint density at radius 2 is 2.22 bits per heavy atom. The van der Waals surface area contributed by atoms with Crippen LogP contribution in [0.4, 0.5) is 5.95 Å². The molecule has 7 nitrogen and oxygen atoms in total. The molecule has 100 valence electrons. The number of nitrogens with one attached hydrogen (secondary N) is 1. The van der Waals surface area contributed by atoms with Gasteiger partial charge in [-0.1, -0.05) is 13.3 Å². The summed E-state index contributed by atoms with van der Waals surface area (Å²) in [7, 11) is 0. The molecule has 0 aliphatic carbocycles. The molecule has 0 bridgehead atoms. The Balaban J connectivity index is 2.71. The smallest absolute Gasteiger partial charge is 0.325 e.